The summed E-state index contributed by atoms with van der Waals surface area (Å²) in [5.74, 6) is -1.00. The van der Waals surface area contributed by atoms with Crippen LogP contribution in [0, 0.1) is 11.8 Å². The van der Waals surface area contributed by atoms with Crippen molar-refractivity contribution in [3.05, 3.63) is 29.8 Å². The van der Waals surface area contributed by atoms with Gasteiger partial charge in [-0.05, 0) is 31.4 Å². The minimum absolute atomic E-state index is 0.0103. The predicted molar refractivity (Wildman–Crippen MR) is 78.2 cm³/mol. The molecule has 5 heteroatoms. The maximum atomic E-state index is 12.2. The zero-order valence-corrected chi connectivity index (χ0v) is 12.6. The monoisotopic (exact) mass is 291 g/mol. The van der Waals surface area contributed by atoms with E-state index < -0.39 is 11.9 Å². The Morgan fingerprint density at radius 1 is 1.38 bits per heavy atom. The van der Waals surface area contributed by atoms with E-state index in [1.54, 1.807) is 19.1 Å². The van der Waals surface area contributed by atoms with Gasteiger partial charge in [-0.15, -0.1) is 0 Å². The topological polar surface area (TPSA) is 66.8 Å². The van der Waals surface area contributed by atoms with E-state index in [1.165, 1.54) is 0 Å². The van der Waals surface area contributed by atoms with Gasteiger partial charge in [0.25, 0.3) is 0 Å². The van der Waals surface area contributed by atoms with Crippen LogP contribution in [0.2, 0.25) is 0 Å². The molecule has 0 aromatic heterocycles. The molecule has 3 atom stereocenters. The van der Waals surface area contributed by atoms with Gasteiger partial charge in [-0.3, -0.25) is 9.59 Å². The van der Waals surface area contributed by atoms with Gasteiger partial charge in [0.05, 0.1) is 18.9 Å². The predicted octanol–water partition coefficient (Wildman–Crippen LogP) is 1.81. The minimum Gasteiger partial charge on any atom is -0.496 e. The number of amides is 1. The molecule has 1 aliphatic rings. The molecule has 1 amide bonds. The third-order valence-electron chi connectivity index (χ3n) is 4.14. The van der Waals surface area contributed by atoms with Crippen LogP contribution in [-0.4, -0.2) is 42.1 Å². The second-order valence-corrected chi connectivity index (χ2v) is 5.60. The Balaban J connectivity index is 1.98. The van der Waals surface area contributed by atoms with Crippen molar-refractivity contribution in [2.45, 2.75) is 25.8 Å². The maximum Gasteiger partial charge on any atom is 0.307 e. The van der Waals surface area contributed by atoms with Crippen molar-refractivity contribution in [3.8, 4) is 5.75 Å². The molecule has 1 saturated carbocycles. The molecular weight excluding hydrogens is 270 g/mol. The van der Waals surface area contributed by atoms with Crippen molar-refractivity contribution in [1.29, 1.82) is 0 Å². The summed E-state index contributed by atoms with van der Waals surface area (Å²) in [6.45, 7) is 1.96. The molecule has 0 saturated heterocycles. The number of hydrogen-bond donors (Lipinski definition) is 1. The summed E-state index contributed by atoms with van der Waals surface area (Å²) in [6, 6.07) is 7.71. The highest BCUT2D eigenvalue weighted by molar-refractivity contribution is 5.89. The largest absolute Gasteiger partial charge is 0.496 e. The Labute approximate surface area is 124 Å². The van der Waals surface area contributed by atoms with Crippen LogP contribution in [0.5, 0.6) is 5.75 Å². The number of aliphatic carboxylic acids is 1. The summed E-state index contributed by atoms with van der Waals surface area (Å²) in [7, 11) is 3.36. The minimum atomic E-state index is -0.876. The van der Waals surface area contributed by atoms with Gasteiger partial charge in [0, 0.05) is 13.1 Å². The van der Waals surface area contributed by atoms with Crippen molar-refractivity contribution >= 4 is 11.9 Å². The normalized spacial score (nSPS) is 21.5. The highest BCUT2D eigenvalue weighted by Gasteiger charge is 2.49. The molecule has 1 N–H and O–H groups in total. The quantitative estimate of drug-likeness (QED) is 0.868. The van der Waals surface area contributed by atoms with Gasteiger partial charge < -0.3 is 14.7 Å². The first-order chi connectivity index (χ1) is 9.95. The molecule has 1 aliphatic carbocycles. The lowest BCUT2D eigenvalue weighted by molar-refractivity contribution is -0.142. The van der Waals surface area contributed by atoms with Crippen LogP contribution in [0.3, 0.4) is 0 Å². The number of ether oxygens (including phenoxy) is 1. The molecule has 114 valence electrons. The number of likely N-dealkylation sites (N-methyl/N-ethyl adjacent to an activating group) is 1. The Morgan fingerprint density at radius 3 is 2.62 bits per heavy atom. The summed E-state index contributed by atoms with van der Waals surface area (Å²) in [6.07, 6.45) is 1.14. The molecule has 0 bridgehead atoms. The molecule has 5 nitrogen and oxygen atoms in total. The fourth-order valence-electron chi connectivity index (χ4n) is 2.55. The van der Waals surface area contributed by atoms with E-state index >= 15 is 0 Å². The fraction of sp³-hybridized carbons (Fsp3) is 0.500. The molecule has 3 unspecified atom stereocenters. The number of nitrogens with zero attached hydrogens (tertiary/aromatic N) is 1. The number of rotatable bonds is 6. The van der Waals surface area contributed by atoms with Crippen molar-refractivity contribution in [1.82, 2.24) is 4.90 Å². The summed E-state index contributed by atoms with van der Waals surface area (Å²) in [5.41, 5.74) is 1.04. The molecular formula is C16H21NO4. The smallest absolute Gasteiger partial charge is 0.307 e. The van der Waals surface area contributed by atoms with Crippen LogP contribution in [0.25, 0.3) is 0 Å². The van der Waals surface area contributed by atoms with Gasteiger partial charge >= 0.3 is 5.97 Å². The number of carboxylic acid groups (broad SMARTS) is 1. The van der Waals surface area contributed by atoms with Crippen LogP contribution >= 0.6 is 0 Å². The van der Waals surface area contributed by atoms with Crippen LogP contribution in [0.4, 0.5) is 0 Å². The summed E-state index contributed by atoms with van der Waals surface area (Å²) in [5, 5.41) is 8.91. The van der Waals surface area contributed by atoms with Crippen molar-refractivity contribution in [2.75, 3.05) is 14.2 Å². The molecule has 0 heterocycles. The zero-order valence-electron chi connectivity index (χ0n) is 12.6. The van der Waals surface area contributed by atoms with E-state index in [-0.39, 0.29) is 17.9 Å². The van der Waals surface area contributed by atoms with Gasteiger partial charge in [0.2, 0.25) is 5.91 Å². The van der Waals surface area contributed by atoms with Crippen molar-refractivity contribution in [3.63, 3.8) is 0 Å². The van der Waals surface area contributed by atoms with Gasteiger partial charge in [-0.2, -0.15) is 0 Å². The maximum absolute atomic E-state index is 12.2. The molecule has 1 fully saturated rings. The van der Waals surface area contributed by atoms with Crippen LogP contribution in [-0.2, 0) is 16.0 Å². The lowest BCUT2D eigenvalue weighted by Crippen LogP contribution is -2.38. The van der Waals surface area contributed by atoms with E-state index in [0.29, 0.717) is 12.8 Å². The fourth-order valence-corrected chi connectivity index (χ4v) is 2.55. The number of benzene rings is 1. The summed E-state index contributed by atoms with van der Waals surface area (Å²) < 4.78 is 5.31. The highest BCUT2D eigenvalue weighted by Crippen LogP contribution is 2.40. The Hall–Kier alpha value is -2.04. The molecule has 0 radical (unpaired) electrons. The SMILES string of the molecule is COc1ccccc1CC(C)N(C)C(=O)C1CC1C(=O)O. The average molecular weight is 291 g/mol. The Bertz CT molecular complexity index is 543. The zero-order chi connectivity index (χ0) is 15.6. The third kappa shape index (κ3) is 3.35. The first kappa shape index (κ1) is 15.4. The number of hydrogen-bond acceptors (Lipinski definition) is 3. The lowest BCUT2D eigenvalue weighted by Gasteiger charge is -2.26. The second kappa shape index (κ2) is 6.16. The Morgan fingerprint density at radius 2 is 2.05 bits per heavy atom. The number of para-hydroxylation sites is 1. The van der Waals surface area contributed by atoms with Crippen molar-refractivity contribution < 1.29 is 19.4 Å². The first-order valence-corrected chi connectivity index (χ1v) is 7.07. The molecule has 0 spiro atoms. The number of carbonyl (C=O) groups is 2. The van der Waals surface area contributed by atoms with E-state index in [1.807, 2.05) is 31.2 Å². The number of methoxy groups -OCH3 is 1. The van der Waals surface area contributed by atoms with Crippen LogP contribution in [0.1, 0.15) is 18.9 Å². The van der Waals surface area contributed by atoms with Crippen molar-refractivity contribution in [2.24, 2.45) is 11.8 Å². The number of carbonyl (C=O) groups excluding carboxylic acids is 1. The molecule has 21 heavy (non-hydrogen) atoms. The van der Waals surface area contributed by atoms with Gasteiger partial charge in [0.1, 0.15) is 5.75 Å². The van der Waals surface area contributed by atoms with E-state index in [9.17, 15) is 9.59 Å². The first-order valence-electron chi connectivity index (χ1n) is 7.07. The van der Waals surface area contributed by atoms with Crippen LogP contribution in [0.15, 0.2) is 24.3 Å². The lowest BCUT2D eigenvalue weighted by atomic mass is 10.0. The highest BCUT2D eigenvalue weighted by atomic mass is 16.5. The van der Waals surface area contributed by atoms with Gasteiger partial charge in [-0.1, -0.05) is 18.2 Å². The molecule has 1 aromatic rings. The van der Waals surface area contributed by atoms with E-state index in [4.69, 9.17) is 9.84 Å². The molecule has 2 rings (SSSR count). The number of carboxylic acids is 1. The summed E-state index contributed by atoms with van der Waals surface area (Å²) >= 11 is 0. The second-order valence-electron chi connectivity index (χ2n) is 5.60. The summed E-state index contributed by atoms with van der Waals surface area (Å²) in [4.78, 5) is 24.7. The molecule has 1 aromatic carbocycles. The standard InChI is InChI=1S/C16H21NO4/c1-10(8-11-6-4-5-7-14(11)21-3)17(2)15(18)12-9-13(12)16(19)20/h4-7,10,12-13H,8-9H2,1-3H3,(H,19,20). The van der Waals surface area contributed by atoms with E-state index in [2.05, 4.69) is 0 Å². The van der Waals surface area contributed by atoms with Crippen LogP contribution < -0.4 is 4.74 Å². The van der Waals surface area contributed by atoms with Gasteiger partial charge in [-0.25, -0.2) is 0 Å². The van der Waals surface area contributed by atoms with Gasteiger partial charge in [0.15, 0.2) is 0 Å². The third-order valence-corrected chi connectivity index (χ3v) is 4.14. The van der Waals surface area contributed by atoms with E-state index in [0.717, 1.165) is 11.3 Å². The molecule has 0 aliphatic heterocycles. The average Bonchev–Trinajstić information content (AvgIpc) is 3.26. The Kier molecular flexibility index (Phi) is 4.50.